The van der Waals surface area contributed by atoms with Crippen molar-refractivity contribution in [2.24, 2.45) is 0 Å². The van der Waals surface area contributed by atoms with E-state index in [0.29, 0.717) is 23.8 Å². The molecule has 0 spiro atoms. The highest BCUT2D eigenvalue weighted by Gasteiger charge is 2.23. The van der Waals surface area contributed by atoms with E-state index in [1.165, 1.54) is 13.0 Å². The van der Waals surface area contributed by atoms with Gasteiger partial charge in [0.1, 0.15) is 0 Å². The summed E-state index contributed by atoms with van der Waals surface area (Å²) in [6.07, 6.45) is 5.26. The minimum Gasteiger partial charge on any atom is -0.349 e. The third-order valence-corrected chi connectivity index (χ3v) is 4.23. The lowest BCUT2D eigenvalue weighted by Gasteiger charge is -2.06. The van der Waals surface area contributed by atoms with E-state index >= 15 is 0 Å². The fourth-order valence-electron chi connectivity index (χ4n) is 2.62. The molecule has 0 aromatic heterocycles. The van der Waals surface area contributed by atoms with Crippen molar-refractivity contribution in [3.05, 3.63) is 71.3 Å². The SMILES string of the molecule is CC(=O)Nc1cccc(CNC(=O)C=Cc2ccc(C(=O)NC3CC3)cc2)c1. The van der Waals surface area contributed by atoms with Gasteiger partial charge < -0.3 is 16.0 Å². The van der Waals surface area contributed by atoms with Crippen LogP contribution in [0.4, 0.5) is 5.69 Å². The van der Waals surface area contributed by atoms with E-state index in [1.807, 2.05) is 30.3 Å². The predicted octanol–water partition coefficient (Wildman–Crippen LogP) is 2.87. The van der Waals surface area contributed by atoms with E-state index in [4.69, 9.17) is 0 Å². The number of rotatable bonds is 7. The van der Waals surface area contributed by atoms with Gasteiger partial charge >= 0.3 is 0 Å². The molecule has 0 atom stereocenters. The van der Waals surface area contributed by atoms with E-state index in [1.54, 1.807) is 24.3 Å². The Kier molecular flexibility index (Phi) is 6.22. The maximum Gasteiger partial charge on any atom is 0.251 e. The molecule has 0 bridgehead atoms. The van der Waals surface area contributed by atoms with Crippen LogP contribution in [0.5, 0.6) is 0 Å². The van der Waals surface area contributed by atoms with Crippen LogP contribution in [0.2, 0.25) is 0 Å². The summed E-state index contributed by atoms with van der Waals surface area (Å²) in [6, 6.07) is 14.8. The predicted molar refractivity (Wildman–Crippen MR) is 109 cm³/mol. The Morgan fingerprint density at radius 2 is 1.82 bits per heavy atom. The van der Waals surface area contributed by atoms with E-state index in [2.05, 4.69) is 16.0 Å². The first-order chi connectivity index (χ1) is 13.5. The fourth-order valence-corrected chi connectivity index (χ4v) is 2.62. The van der Waals surface area contributed by atoms with Crippen LogP contribution < -0.4 is 16.0 Å². The van der Waals surface area contributed by atoms with Crippen molar-refractivity contribution in [1.82, 2.24) is 10.6 Å². The van der Waals surface area contributed by atoms with Crippen LogP contribution in [0.1, 0.15) is 41.3 Å². The molecule has 3 rings (SSSR count). The molecule has 144 valence electrons. The van der Waals surface area contributed by atoms with Gasteiger partial charge in [-0.15, -0.1) is 0 Å². The number of carbonyl (C=O) groups is 3. The number of nitrogens with one attached hydrogen (secondary N) is 3. The number of hydrogen-bond donors (Lipinski definition) is 3. The van der Waals surface area contributed by atoms with E-state index in [0.717, 1.165) is 24.0 Å². The van der Waals surface area contributed by atoms with Gasteiger partial charge in [-0.3, -0.25) is 14.4 Å². The van der Waals surface area contributed by atoms with Gasteiger partial charge in [-0.25, -0.2) is 0 Å². The summed E-state index contributed by atoms with van der Waals surface area (Å²) in [4.78, 5) is 35.1. The number of hydrogen-bond acceptors (Lipinski definition) is 3. The molecule has 1 fully saturated rings. The fraction of sp³-hybridized carbons (Fsp3) is 0.227. The first-order valence-electron chi connectivity index (χ1n) is 9.23. The molecule has 1 saturated carbocycles. The van der Waals surface area contributed by atoms with Gasteiger partial charge in [-0.1, -0.05) is 24.3 Å². The van der Waals surface area contributed by atoms with Crippen molar-refractivity contribution < 1.29 is 14.4 Å². The monoisotopic (exact) mass is 377 g/mol. The zero-order valence-electron chi connectivity index (χ0n) is 15.7. The molecule has 0 aliphatic heterocycles. The summed E-state index contributed by atoms with van der Waals surface area (Å²) in [7, 11) is 0. The Hall–Kier alpha value is -3.41. The Bertz CT molecular complexity index is 899. The summed E-state index contributed by atoms with van der Waals surface area (Å²) in [5.74, 6) is -0.419. The number of amides is 3. The van der Waals surface area contributed by atoms with Crippen molar-refractivity contribution in [3.8, 4) is 0 Å². The molecular formula is C22H23N3O3. The Morgan fingerprint density at radius 3 is 2.50 bits per heavy atom. The standard InChI is InChI=1S/C22H23N3O3/c1-15(26)24-20-4-2-3-17(13-20)14-23-21(27)12-7-16-5-8-18(9-6-16)22(28)25-19-10-11-19/h2-9,12-13,19H,10-11,14H2,1H3,(H,23,27)(H,24,26)(H,25,28). The lowest BCUT2D eigenvalue weighted by atomic mass is 10.1. The highest BCUT2D eigenvalue weighted by Crippen LogP contribution is 2.19. The van der Waals surface area contributed by atoms with Crippen LogP contribution in [0.3, 0.4) is 0 Å². The van der Waals surface area contributed by atoms with Gasteiger partial charge in [0.15, 0.2) is 0 Å². The quantitative estimate of drug-likeness (QED) is 0.649. The van der Waals surface area contributed by atoms with Crippen LogP contribution in [0, 0.1) is 0 Å². The smallest absolute Gasteiger partial charge is 0.251 e. The van der Waals surface area contributed by atoms with E-state index in [-0.39, 0.29) is 17.7 Å². The molecule has 6 heteroatoms. The van der Waals surface area contributed by atoms with Crippen LogP contribution in [0.15, 0.2) is 54.6 Å². The second kappa shape index (κ2) is 8.99. The van der Waals surface area contributed by atoms with Gasteiger partial charge in [0.2, 0.25) is 11.8 Å². The zero-order chi connectivity index (χ0) is 19.9. The Labute approximate surface area is 164 Å². The number of benzene rings is 2. The number of carbonyl (C=O) groups excluding carboxylic acids is 3. The van der Waals surface area contributed by atoms with E-state index < -0.39 is 0 Å². The van der Waals surface area contributed by atoms with Crippen molar-refractivity contribution >= 4 is 29.5 Å². The van der Waals surface area contributed by atoms with Crippen molar-refractivity contribution in [1.29, 1.82) is 0 Å². The van der Waals surface area contributed by atoms with Crippen molar-refractivity contribution in [2.75, 3.05) is 5.32 Å². The third kappa shape index (κ3) is 6.09. The zero-order valence-corrected chi connectivity index (χ0v) is 15.7. The summed E-state index contributed by atoms with van der Waals surface area (Å²) >= 11 is 0. The molecule has 0 saturated heterocycles. The van der Waals surface area contributed by atoms with Gasteiger partial charge in [-0.2, -0.15) is 0 Å². The van der Waals surface area contributed by atoms with Gasteiger partial charge in [0, 0.05) is 36.8 Å². The summed E-state index contributed by atoms with van der Waals surface area (Å²) in [5.41, 5.74) is 3.04. The van der Waals surface area contributed by atoms with Gasteiger partial charge in [0.05, 0.1) is 0 Å². The molecular weight excluding hydrogens is 354 g/mol. The minimum absolute atomic E-state index is 0.0581. The normalized spacial score (nSPS) is 13.2. The molecule has 2 aromatic carbocycles. The Balaban J connectivity index is 1.49. The molecule has 0 unspecified atom stereocenters. The summed E-state index contributed by atoms with van der Waals surface area (Å²) in [6.45, 7) is 1.81. The topological polar surface area (TPSA) is 87.3 Å². The maximum absolute atomic E-state index is 12.0. The summed E-state index contributed by atoms with van der Waals surface area (Å²) in [5, 5.41) is 8.46. The average molecular weight is 377 g/mol. The minimum atomic E-state index is -0.222. The second-order valence-electron chi connectivity index (χ2n) is 6.80. The number of anilines is 1. The second-order valence-corrected chi connectivity index (χ2v) is 6.80. The molecule has 0 radical (unpaired) electrons. The molecule has 1 aliphatic rings. The van der Waals surface area contributed by atoms with Crippen molar-refractivity contribution in [3.63, 3.8) is 0 Å². The van der Waals surface area contributed by atoms with Crippen LogP contribution in [0.25, 0.3) is 6.08 Å². The summed E-state index contributed by atoms with van der Waals surface area (Å²) < 4.78 is 0. The molecule has 6 nitrogen and oxygen atoms in total. The van der Waals surface area contributed by atoms with Crippen LogP contribution in [-0.4, -0.2) is 23.8 Å². The Morgan fingerprint density at radius 1 is 1.07 bits per heavy atom. The molecule has 28 heavy (non-hydrogen) atoms. The molecule has 1 aliphatic carbocycles. The first kappa shape index (κ1) is 19.4. The third-order valence-electron chi connectivity index (χ3n) is 4.23. The maximum atomic E-state index is 12.0. The van der Waals surface area contributed by atoms with Gasteiger partial charge in [-0.05, 0) is 54.3 Å². The van der Waals surface area contributed by atoms with Gasteiger partial charge in [0.25, 0.3) is 5.91 Å². The first-order valence-corrected chi connectivity index (χ1v) is 9.23. The molecule has 2 aromatic rings. The van der Waals surface area contributed by atoms with Crippen LogP contribution >= 0.6 is 0 Å². The highest BCUT2D eigenvalue weighted by molar-refractivity contribution is 5.95. The average Bonchev–Trinajstić information content (AvgIpc) is 3.49. The van der Waals surface area contributed by atoms with Crippen LogP contribution in [-0.2, 0) is 16.1 Å². The largest absolute Gasteiger partial charge is 0.349 e. The molecule has 0 heterocycles. The lowest BCUT2D eigenvalue weighted by molar-refractivity contribution is -0.116. The van der Waals surface area contributed by atoms with Crippen molar-refractivity contribution in [2.45, 2.75) is 32.4 Å². The molecule has 3 N–H and O–H groups in total. The lowest BCUT2D eigenvalue weighted by Crippen LogP contribution is -2.25. The molecule has 3 amide bonds. The highest BCUT2D eigenvalue weighted by atomic mass is 16.2. The van der Waals surface area contributed by atoms with E-state index in [9.17, 15) is 14.4 Å².